The van der Waals surface area contributed by atoms with Gasteiger partial charge in [-0.25, -0.2) is 24.0 Å². The lowest BCUT2D eigenvalue weighted by atomic mass is 10.0. The average Bonchev–Trinajstić information content (AvgIpc) is 3.05. The number of esters is 3. The largest absolute Gasteiger partial charge is 0.516 e. The van der Waals surface area contributed by atoms with Crippen molar-refractivity contribution < 1.29 is 66.8 Å². The van der Waals surface area contributed by atoms with Gasteiger partial charge < -0.3 is 33.2 Å². The van der Waals surface area contributed by atoms with E-state index in [1.54, 1.807) is 0 Å². The Bertz CT molecular complexity index is 1690. The standard InChI is InChI=1S/C31H23NO15/c1-3-27(34)41-17-43-30(37)46-22-10-5-19(6-11-22)26(33)15-21-9-14-24(16-25(21)32(39)40)45-29(36)20-7-12-23(13-8-20)47-31(38)44-18-42-28(35)4-2/h3-14,16H,1-2,15,17-18H2. The van der Waals surface area contributed by atoms with Gasteiger partial charge in [-0.3, -0.25) is 14.9 Å². The maximum atomic E-state index is 12.8. The second kappa shape index (κ2) is 16.9. The van der Waals surface area contributed by atoms with Crippen LogP contribution in [0.3, 0.4) is 0 Å². The quantitative estimate of drug-likeness (QED) is 0.0340. The van der Waals surface area contributed by atoms with Gasteiger partial charge in [0, 0.05) is 29.7 Å². The fourth-order valence-electron chi connectivity index (χ4n) is 3.38. The summed E-state index contributed by atoms with van der Waals surface area (Å²) in [6.07, 6.45) is -0.988. The number of nitro benzene ring substituents is 1. The van der Waals surface area contributed by atoms with E-state index in [0.29, 0.717) is 0 Å². The molecule has 0 aliphatic heterocycles. The van der Waals surface area contributed by atoms with E-state index >= 15 is 0 Å². The van der Waals surface area contributed by atoms with Gasteiger partial charge >= 0.3 is 30.2 Å². The van der Waals surface area contributed by atoms with E-state index in [9.17, 15) is 38.9 Å². The first kappa shape index (κ1) is 34.6. The number of nitro groups is 1. The third kappa shape index (κ3) is 11.0. The summed E-state index contributed by atoms with van der Waals surface area (Å²) < 4.78 is 33.1. The average molecular weight is 650 g/mol. The summed E-state index contributed by atoms with van der Waals surface area (Å²) in [4.78, 5) is 81.6. The number of Topliss-reactive ketones (excluding diaryl/α,β-unsaturated/α-hetero) is 1. The van der Waals surface area contributed by atoms with E-state index < -0.39 is 60.2 Å². The lowest BCUT2D eigenvalue weighted by Crippen LogP contribution is -2.15. The van der Waals surface area contributed by atoms with Gasteiger partial charge in [0.2, 0.25) is 13.6 Å². The molecule has 0 aromatic heterocycles. The number of benzene rings is 3. The molecule has 0 bridgehead atoms. The topological polar surface area (TPSA) is 210 Å². The highest BCUT2D eigenvalue weighted by Crippen LogP contribution is 2.27. The molecule has 242 valence electrons. The fraction of sp³-hybridized carbons (Fsp3) is 0.0968. The molecular formula is C31H23NO15. The van der Waals surface area contributed by atoms with E-state index in [1.807, 2.05) is 0 Å². The second-order valence-electron chi connectivity index (χ2n) is 8.65. The van der Waals surface area contributed by atoms with Crippen molar-refractivity contribution in [3.63, 3.8) is 0 Å². The van der Waals surface area contributed by atoms with E-state index in [2.05, 4.69) is 32.1 Å². The van der Waals surface area contributed by atoms with E-state index in [-0.39, 0.29) is 40.4 Å². The van der Waals surface area contributed by atoms with Crippen LogP contribution in [0.4, 0.5) is 15.3 Å². The number of carbonyl (C=O) groups is 6. The van der Waals surface area contributed by atoms with Crippen molar-refractivity contribution in [3.8, 4) is 17.2 Å². The van der Waals surface area contributed by atoms with Crippen molar-refractivity contribution in [2.75, 3.05) is 13.6 Å². The van der Waals surface area contributed by atoms with Crippen LogP contribution in [0.1, 0.15) is 26.3 Å². The molecule has 0 aliphatic carbocycles. The normalized spacial score (nSPS) is 9.96. The molecule has 16 nitrogen and oxygen atoms in total. The van der Waals surface area contributed by atoms with Gasteiger partial charge in [-0.05, 0) is 60.7 Å². The molecule has 3 aromatic rings. The van der Waals surface area contributed by atoms with Crippen LogP contribution in [0.25, 0.3) is 0 Å². The molecule has 0 radical (unpaired) electrons. The summed E-state index contributed by atoms with van der Waals surface area (Å²) in [6, 6.07) is 13.8. The molecule has 0 heterocycles. The molecule has 0 amide bonds. The minimum atomic E-state index is -1.18. The Labute approximate surface area is 264 Å². The van der Waals surface area contributed by atoms with Crippen LogP contribution in [0.15, 0.2) is 92.0 Å². The van der Waals surface area contributed by atoms with Crippen molar-refractivity contribution in [1.82, 2.24) is 0 Å². The molecule has 0 unspecified atom stereocenters. The maximum Gasteiger partial charge on any atom is 0.516 e. The molecule has 47 heavy (non-hydrogen) atoms. The molecule has 16 heteroatoms. The first-order valence-electron chi connectivity index (χ1n) is 13.0. The van der Waals surface area contributed by atoms with Gasteiger partial charge in [0.05, 0.1) is 16.6 Å². The first-order chi connectivity index (χ1) is 22.5. The minimum Gasteiger partial charge on any atom is -0.425 e. The zero-order valence-electron chi connectivity index (χ0n) is 24.1. The van der Waals surface area contributed by atoms with Gasteiger partial charge in [-0.1, -0.05) is 13.2 Å². The summed E-state index contributed by atoms with van der Waals surface area (Å²) >= 11 is 0. The highest BCUT2D eigenvalue weighted by molar-refractivity contribution is 5.98. The van der Waals surface area contributed by atoms with Crippen molar-refractivity contribution in [2.24, 2.45) is 0 Å². The molecule has 3 rings (SSSR count). The molecule has 0 atom stereocenters. The van der Waals surface area contributed by atoms with Crippen LogP contribution in [-0.4, -0.2) is 54.5 Å². The number of carbonyl (C=O) groups excluding carboxylic acids is 6. The highest BCUT2D eigenvalue weighted by Gasteiger charge is 2.21. The Hall–Kier alpha value is -6.84. The molecule has 0 saturated heterocycles. The van der Waals surface area contributed by atoms with E-state index in [0.717, 1.165) is 18.2 Å². The SMILES string of the molecule is C=CC(=O)OCOC(=O)Oc1ccc(C(=O)Cc2ccc(OC(=O)c3ccc(OC(=O)OCOC(=O)C=C)cc3)cc2[N+](=O)[O-])cc1. The Balaban J connectivity index is 1.57. The van der Waals surface area contributed by atoms with Gasteiger partial charge in [0.15, 0.2) is 5.78 Å². The summed E-state index contributed by atoms with van der Waals surface area (Å²) in [7, 11) is 0. The number of hydrogen-bond acceptors (Lipinski definition) is 15. The van der Waals surface area contributed by atoms with Crippen LogP contribution >= 0.6 is 0 Å². The molecule has 3 aromatic carbocycles. The molecule has 0 fully saturated rings. The van der Waals surface area contributed by atoms with Crippen molar-refractivity contribution in [3.05, 3.63) is 119 Å². The van der Waals surface area contributed by atoms with Crippen LogP contribution in [0, 0.1) is 10.1 Å². The highest BCUT2D eigenvalue weighted by atomic mass is 16.8. The Morgan fingerprint density at radius 2 is 1.11 bits per heavy atom. The van der Waals surface area contributed by atoms with Crippen LogP contribution in [0.5, 0.6) is 17.2 Å². The zero-order chi connectivity index (χ0) is 34.3. The van der Waals surface area contributed by atoms with Crippen molar-refractivity contribution in [2.45, 2.75) is 6.42 Å². The van der Waals surface area contributed by atoms with E-state index in [1.165, 1.54) is 60.7 Å². The minimum absolute atomic E-state index is 0.00403. The predicted octanol–water partition coefficient (Wildman–Crippen LogP) is 4.64. The predicted molar refractivity (Wildman–Crippen MR) is 156 cm³/mol. The second-order valence-corrected chi connectivity index (χ2v) is 8.65. The first-order valence-corrected chi connectivity index (χ1v) is 13.0. The number of hydrogen-bond donors (Lipinski definition) is 0. The van der Waals surface area contributed by atoms with Crippen LogP contribution in [0.2, 0.25) is 0 Å². The lowest BCUT2D eigenvalue weighted by molar-refractivity contribution is -0.385. The summed E-state index contributed by atoms with van der Waals surface area (Å²) in [5.74, 6) is -3.19. The fourth-order valence-corrected chi connectivity index (χ4v) is 3.38. The molecule has 0 aliphatic rings. The van der Waals surface area contributed by atoms with Gasteiger partial charge in [0.1, 0.15) is 17.2 Å². The van der Waals surface area contributed by atoms with Gasteiger partial charge in [-0.15, -0.1) is 0 Å². The molecule has 0 spiro atoms. The smallest absolute Gasteiger partial charge is 0.425 e. The molecule has 0 saturated carbocycles. The van der Waals surface area contributed by atoms with Gasteiger partial charge in [-0.2, -0.15) is 0 Å². The summed E-state index contributed by atoms with van der Waals surface area (Å²) in [6.45, 7) is 4.97. The Morgan fingerprint density at radius 1 is 0.638 bits per heavy atom. The number of rotatable bonds is 14. The number of ether oxygens (including phenoxy) is 7. The molecule has 0 N–H and O–H groups in total. The van der Waals surface area contributed by atoms with Crippen LogP contribution in [-0.2, 0) is 35.0 Å². The third-order valence-corrected chi connectivity index (χ3v) is 5.57. The maximum absolute atomic E-state index is 12.8. The van der Waals surface area contributed by atoms with Gasteiger partial charge in [0.25, 0.3) is 5.69 Å². The summed E-state index contributed by atoms with van der Waals surface area (Å²) in [5, 5.41) is 11.7. The third-order valence-electron chi connectivity index (χ3n) is 5.57. The number of nitrogens with zero attached hydrogens (tertiary/aromatic N) is 1. The Morgan fingerprint density at radius 3 is 1.57 bits per heavy atom. The zero-order valence-corrected chi connectivity index (χ0v) is 24.1. The number of ketones is 1. The monoisotopic (exact) mass is 649 g/mol. The van der Waals surface area contributed by atoms with E-state index in [4.69, 9.17) is 14.2 Å². The molecular weight excluding hydrogens is 626 g/mol. The summed E-state index contributed by atoms with van der Waals surface area (Å²) in [5.41, 5.74) is -0.299. The van der Waals surface area contributed by atoms with Crippen molar-refractivity contribution in [1.29, 1.82) is 0 Å². The lowest BCUT2D eigenvalue weighted by Gasteiger charge is -2.09. The van der Waals surface area contributed by atoms with Crippen LogP contribution < -0.4 is 14.2 Å². The Kier molecular flexibility index (Phi) is 12.4. The van der Waals surface area contributed by atoms with Crippen molar-refractivity contribution >= 4 is 41.7 Å².